The van der Waals surface area contributed by atoms with Crippen LogP contribution in [0.3, 0.4) is 0 Å². The summed E-state index contributed by atoms with van der Waals surface area (Å²) in [7, 11) is -0.800. The number of benzene rings is 1. The Kier molecular flexibility index (Phi) is 4.14. The Hall–Kier alpha value is -1.56. The molecule has 5 nitrogen and oxygen atoms in total. The van der Waals surface area contributed by atoms with Gasteiger partial charge in [-0.15, -0.1) is 0 Å². The molecule has 0 spiro atoms. The monoisotopic (exact) mass is 308 g/mol. The highest BCUT2D eigenvalue weighted by atomic mass is 32.2. The van der Waals surface area contributed by atoms with Gasteiger partial charge in [0.2, 0.25) is 0 Å². The fourth-order valence-corrected chi connectivity index (χ4v) is 3.95. The molecule has 114 valence electrons. The van der Waals surface area contributed by atoms with Crippen molar-refractivity contribution in [3.63, 3.8) is 0 Å². The van der Waals surface area contributed by atoms with Gasteiger partial charge in [0.1, 0.15) is 5.75 Å². The maximum atomic E-state index is 12.4. The summed E-state index contributed by atoms with van der Waals surface area (Å²) in [5.41, 5.74) is 1.93. The molecule has 2 aliphatic heterocycles. The Labute approximate surface area is 127 Å². The molecule has 2 heterocycles. The van der Waals surface area contributed by atoms with E-state index in [0.717, 1.165) is 29.8 Å². The number of hydrogen-bond acceptors (Lipinski definition) is 3. The molecule has 0 bridgehead atoms. The van der Waals surface area contributed by atoms with Gasteiger partial charge in [-0.1, -0.05) is 0 Å². The van der Waals surface area contributed by atoms with Crippen LogP contribution in [-0.4, -0.2) is 45.8 Å². The van der Waals surface area contributed by atoms with E-state index in [4.69, 9.17) is 4.74 Å². The summed E-state index contributed by atoms with van der Waals surface area (Å²) in [6, 6.07) is 5.75. The van der Waals surface area contributed by atoms with Crippen LogP contribution in [0.4, 0.5) is 10.5 Å². The molecule has 2 amide bonds. The molecule has 1 aromatic rings. The number of carbonyl (C=O) groups is 1. The van der Waals surface area contributed by atoms with Crippen LogP contribution >= 0.6 is 0 Å². The third-order valence-electron chi connectivity index (χ3n) is 4.06. The topological polar surface area (TPSA) is 58.6 Å². The van der Waals surface area contributed by atoms with Crippen molar-refractivity contribution in [1.82, 2.24) is 4.90 Å². The van der Waals surface area contributed by atoms with E-state index in [2.05, 4.69) is 5.32 Å². The molecule has 0 aliphatic carbocycles. The Bertz CT molecular complexity index is 576. The molecule has 21 heavy (non-hydrogen) atoms. The number of hydrogen-bond donors (Lipinski definition) is 1. The summed E-state index contributed by atoms with van der Waals surface area (Å²) in [5, 5.41) is 2.95. The minimum Gasteiger partial charge on any atom is -0.493 e. The highest BCUT2D eigenvalue weighted by Gasteiger charge is 2.24. The van der Waals surface area contributed by atoms with Crippen molar-refractivity contribution >= 4 is 22.5 Å². The number of fused-ring (bicyclic) bond motifs is 1. The fraction of sp³-hybridized carbons (Fsp3) is 0.533. The van der Waals surface area contributed by atoms with Gasteiger partial charge in [0.25, 0.3) is 0 Å². The lowest BCUT2D eigenvalue weighted by Crippen LogP contribution is -2.42. The Balaban J connectivity index is 1.69. The second-order valence-electron chi connectivity index (χ2n) is 5.53. The molecule has 3 rings (SSSR count). The van der Waals surface area contributed by atoms with Gasteiger partial charge in [-0.3, -0.25) is 4.21 Å². The summed E-state index contributed by atoms with van der Waals surface area (Å²) in [6.07, 6.45) is 1.68. The molecular formula is C15H20N2O3S. The largest absolute Gasteiger partial charge is 0.493 e. The first kappa shape index (κ1) is 14.4. The standard InChI is InChI=1S/C15H20N2O3S/c1-11-5-8-21(19)9-6-17(11)15(18)16-13-2-3-14-12(10-13)4-7-20-14/h2-3,10-11H,4-9H2,1H3,(H,16,18)/t11-,21+/m1/s1. The average molecular weight is 308 g/mol. The van der Waals surface area contributed by atoms with Gasteiger partial charge in [-0.25, -0.2) is 4.79 Å². The van der Waals surface area contributed by atoms with Crippen LogP contribution in [0.15, 0.2) is 18.2 Å². The summed E-state index contributed by atoms with van der Waals surface area (Å²) >= 11 is 0. The molecule has 1 N–H and O–H groups in total. The maximum Gasteiger partial charge on any atom is 0.322 e. The molecule has 2 atom stereocenters. The molecule has 0 unspecified atom stereocenters. The third-order valence-corrected chi connectivity index (χ3v) is 5.39. The molecule has 0 aromatic heterocycles. The van der Waals surface area contributed by atoms with Crippen molar-refractivity contribution in [2.75, 3.05) is 30.0 Å². The van der Waals surface area contributed by atoms with Crippen molar-refractivity contribution < 1.29 is 13.7 Å². The number of urea groups is 1. The zero-order chi connectivity index (χ0) is 14.8. The second-order valence-corrected chi connectivity index (χ2v) is 7.23. The van der Waals surface area contributed by atoms with E-state index in [1.54, 1.807) is 4.90 Å². The van der Waals surface area contributed by atoms with Gasteiger partial charge in [0, 0.05) is 47.0 Å². The first-order chi connectivity index (χ1) is 10.1. The summed E-state index contributed by atoms with van der Waals surface area (Å²) in [4.78, 5) is 14.2. The predicted octanol–water partition coefficient (Wildman–Crippen LogP) is 2.00. The van der Waals surface area contributed by atoms with Crippen molar-refractivity contribution in [2.45, 2.75) is 25.8 Å². The number of carbonyl (C=O) groups excluding carboxylic acids is 1. The van der Waals surface area contributed by atoms with E-state index in [9.17, 15) is 9.00 Å². The number of nitrogens with one attached hydrogen (secondary N) is 1. The van der Waals surface area contributed by atoms with Gasteiger partial charge in [0.05, 0.1) is 6.61 Å². The zero-order valence-corrected chi connectivity index (χ0v) is 12.9. The number of rotatable bonds is 1. The van der Waals surface area contributed by atoms with E-state index in [1.807, 2.05) is 25.1 Å². The smallest absolute Gasteiger partial charge is 0.322 e. The Morgan fingerprint density at radius 1 is 1.43 bits per heavy atom. The number of nitrogens with zero attached hydrogens (tertiary/aromatic N) is 1. The second kappa shape index (κ2) is 6.05. The van der Waals surface area contributed by atoms with Gasteiger partial charge >= 0.3 is 6.03 Å². The van der Waals surface area contributed by atoms with Gasteiger partial charge in [0.15, 0.2) is 0 Å². The molecule has 6 heteroatoms. The van der Waals surface area contributed by atoms with E-state index in [-0.39, 0.29) is 12.1 Å². The Morgan fingerprint density at radius 3 is 3.14 bits per heavy atom. The quantitative estimate of drug-likeness (QED) is 0.863. The predicted molar refractivity (Wildman–Crippen MR) is 83.3 cm³/mol. The van der Waals surface area contributed by atoms with Crippen LogP contribution in [0, 0.1) is 0 Å². The van der Waals surface area contributed by atoms with Gasteiger partial charge < -0.3 is 15.0 Å². The fourth-order valence-electron chi connectivity index (χ4n) is 2.74. The lowest BCUT2D eigenvalue weighted by Gasteiger charge is -2.27. The van der Waals surface area contributed by atoms with Crippen molar-refractivity contribution in [3.05, 3.63) is 23.8 Å². The number of ether oxygens (including phenoxy) is 1. The Morgan fingerprint density at radius 2 is 2.29 bits per heavy atom. The van der Waals surface area contributed by atoms with Crippen LogP contribution in [0.1, 0.15) is 18.9 Å². The molecule has 1 saturated heterocycles. The summed E-state index contributed by atoms with van der Waals surface area (Å²) in [5.74, 6) is 2.16. The number of amides is 2. The van der Waals surface area contributed by atoms with E-state index < -0.39 is 10.8 Å². The summed E-state index contributed by atoms with van der Waals surface area (Å²) < 4.78 is 17.1. The van der Waals surface area contributed by atoms with E-state index in [1.165, 1.54) is 0 Å². The van der Waals surface area contributed by atoms with Crippen LogP contribution < -0.4 is 10.1 Å². The molecular weight excluding hydrogens is 288 g/mol. The molecule has 1 fully saturated rings. The molecule has 2 aliphatic rings. The average Bonchev–Trinajstić information content (AvgIpc) is 2.85. The molecule has 0 saturated carbocycles. The van der Waals surface area contributed by atoms with Crippen LogP contribution in [0.5, 0.6) is 5.75 Å². The highest BCUT2D eigenvalue weighted by molar-refractivity contribution is 7.85. The normalized spacial score (nSPS) is 24.9. The molecule has 1 aromatic carbocycles. The highest BCUT2D eigenvalue weighted by Crippen LogP contribution is 2.28. The van der Waals surface area contributed by atoms with Crippen molar-refractivity contribution in [2.24, 2.45) is 0 Å². The van der Waals surface area contributed by atoms with E-state index in [0.29, 0.717) is 24.7 Å². The van der Waals surface area contributed by atoms with E-state index >= 15 is 0 Å². The number of anilines is 1. The van der Waals surface area contributed by atoms with Crippen LogP contribution in [0.25, 0.3) is 0 Å². The first-order valence-electron chi connectivity index (χ1n) is 7.32. The van der Waals surface area contributed by atoms with Crippen molar-refractivity contribution in [3.8, 4) is 5.75 Å². The lowest BCUT2D eigenvalue weighted by atomic mass is 10.1. The van der Waals surface area contributed by atoms with Crippen LogP contribution in [0.2, 0.25) is 0 Å². The first-order valence-corrected chi connectivity index (χ1v) is 8.80. The van der Waals surface area contributed by atoms with Crippen LogP contribution in [-0.2, 0) is 17.2 Å². The molecule has 0 radical (unpaired) electrons. The SMILES string of the molecule is C[C@@H]1CC[S@](=O)CCN1C(=O)Nc1ccc2c(c1)CCO2. The van der Waals surface area contributed by atoms with Gasteiger partial charge in [-0.05, 0) is 37.1 Å². The zero-order valence-electron chi connectivity index (χ0n) is 12.1. The maximum absolute atomic E-state index is 12.4. The lowest BCUT2D eigenvalue weighted by molar-refractivity contribution is 0.197. The van der Waals surface area contributed by atoms with Gasteiger partial charge in [-0.2, -0.15) is 0 Å². The van der Waals surface area contributed by atoms with Crippen molar-refractivity contribution in [1.29, 1.82) is 0 Å². The minimum atomic E-state index is -0.800. The third kappa shape index (κ3) is 3.20. The minimum absolute atomic E-state index is 0.111. The summed E-state index contributed by atoms with van der Waals surface area (Å²) in [6.45, 7) is 3.27.